The van der Waals surface area contributed by atoms with Gasteiger partial charge in [0, 0.05) is 21.9 Å². The molecule has 0 fully saturated rings. The SMILES string of the molecule is CCC(NCCCCCNCCCCCCCNCCCNC(CC)c1ccc(S)cc1)c1ccc(S)cc1. The zero-order valence-corrected chi connectivity index (χ0v) is 26.5. The van der Waals surface area contributed by atoms with Crippen LogP contribution in [0.25, 0.3) is 0 Å². The van der Waals surface area contributed by atoms with E-state index in [9.17, 15) is 0 Å². The number of nitrogens with one attached hydrogen (secondary N) is 4. The second-order valence-corrected chi connectivity index (χ2v) is 11.7. The van der Waals surface area contributed by atoms with E-state index in [0.717, 1.165) is 55.4 Å². The molecule has 39 heavy (non-hydrogen) atoms. The molecule has 0 aliphatic rings. The average molecular weight is 573 g/mol. The van der Waals surface area contributed by atoms with Gasteiger partial charge in [-0.05, 0) is 120 Å². The first-order chi connectivity index (χ1) is 19.1. The third kappa shape index (κ3) is 16.1. The van der Waals surface area contributed by atoms with Gasteiger partial charge in [-0.2, -0.15) is 0 Å². The lowest BCUT2D eigenvalue weighted by atomic mass is 10.0. The molecule has 2 atom stereocenters. The van der Waals surface area contributed by atoms with Crippen LogP contribution in [0.15, 0.2) is 58.3 Å². The summed E-state index contributed by atoms with van der Waals surface area (Å²) < 4.78 is 0. The number of hydrogen-bond donors (Lipinski definition) is 6. The van der Waals surface area contributed by atoms with E-state index in [1.54, 1.807) is 0 Å². The molecular formula is C33H56N4S2. The van der Waals surface area contributed by atoms with Gasteiger partial charge >= 0.3 is 0 Å². The van der Waals surface area contributed by atoms with E-state index >= 15 is 0 Å². The minimum absolute atomic E-state index is 0.442. The van der Waals surface area contributed by atoms with Gasteiger partial charge in [-0.1, -0.05) is 63.8 Å². The van der Waals surface area contributed by atoms with Gasteiger partial charge in [0.15, 0.2) is 0 Å². The topological polar surface area (TPSA) is 48.1 Å². The summed E-state index contributed by atoms with van der Waals surface area (Å²) in [6, 6.07) is 18.0. The van der Waals surface area contributed by atoms with Crippen LogP contribution in [0.1, 0.15) is 108 Å². The normalized spacial score (nSPS) is 13.0. The molecule has 0 aliphatic carbocycles. The molecule has 0 spiro atoms. The molecule has 2 rings (SSSR count). The lowest BCUT2D eigenvalue weighted by Crippen LogP contribution is -2.25. The van der Waals surface area contributed by atoms with Crippen LogP contribution in [0.5, 0.6) is 0 Å². The summed E-state index contributed by atoms with van der Waals surface area (Å²) in [5.41, 5.74) is 2.73. The molecule has 0 bridgehead atoms. The van der Waals surface area contributed by atoms with Crippen LogP contribution in [-0.4, -0.2) is 39.3 Å². The largest absolute Gasteiger partial charge is 0.317 e. The van der Waals surface area contributed by atoms with Gasteiger partial charge in [0.05, 0.1) is 0 Å². The molecule has 0 amide bonds. The maximum atomic E-state index is 4.39. The van der Waals surface area contributed by atoms with Crippen LogP contribution in [-0.2, 0) is 0 Å². The third-order valence-electron chi connectivity index (χ3n) is 7.46. The maximum absolute atomic E-state index is 4.39. The highest BCUT2D eigenvalue weighted by atomic mass is 32.1. The summed E-state index contributed by atoms with van der Waals surface area (Å²) in [5.74, 6) is 0. The molecule has 0 aliphatic heterocycles. The van der Waals surface area contributed by atoms with Crippen molar-refractivity contribution in [2.45, 2.75) is 106 Å². The Balaban J connectivity index is 1.30. The van der Waals surface area contributed by atoms with Crippen LogP contribution >= 0.6 is 25.3 Å². The van der Waals surface area contributed by atoms with Gasteiger partial charge in [0.2, 0.25) is 0 Å². The molecule has 2 aromatic rings. The summed E-state index contributed by atoms with van der Waals surface area (Å²) in [6.07, 6.45) is 13.9. The second kappa shape index (κ2) is 22.6. The Hall–Kier alpha value is -1.02. The van der Waals surface area contributed by atoms with Gasteiger partial charge in [0.1, 0.15) is 0 Å². The highest BCUT2D eigenvalue weighted by molar-refractivity contribution is 7.80. The molecule has 2 unspecified atom stereocenters. The van der Waals surface area contributed by atoms with Crippen LogP contribution in [0.2, 0.25) is 0 Å². The van der Waals surface area contributed by atoms with Crippen molar-refractivity contribution in [3.05, 3.63) is 59.7 Å². The molecule has 0 aromatic heterocycles. The van der Waals surface area contributed by atoms with Crippen molar-refractivity contribution in [3.63, 3.8) is 0 Å². The molecule has 6 heteroatoms. The Morgan fingerprint density at radius 1 is 0.462 bits per heavy atom. The minimum Gasteiger partial charge on any atom is -0.317 e. The fourth-order valence-electron chi connectivity index (χ4n) is 5.01. The van der Waals surface area contributed by atoms with Crippen LogP contribution in [0.4, 0.5) is 0 Å². The molecule has 0 heterocycles. The van der Waals surface area contributed by atoms with Gasteiger partial charge < -0.3 is 21.3 Å². The van der Waals surface area contributed by atoms with E-state index in [1.807, 2.05) is 0 Å². The van der Waals surface area contributed by atoms with Crippen molar-refractivity contribution in [3.8, 4) is 0 Å². The lowest BCUT2D eigenvalue weighted by molar-refractivity contribution is 0.490. The highest BCUT2D eigenvalue weighted by Crippen LogP contribution is 2.19. The van der Waals surface area contributed by atoms with E-state index in [2.05, 4.69) is 109 Å². The van der Waals surface area contributed by atoms with E-state index < -0.39 is 0 Å². The standard InChI is InChI=1S/C33H56N4S2/c1-3-32(28-14-18-30(38)19-15-28)36-26-12-8-11-24-34-22-9-6-5-7-10-23-35-25-13-27-37-33(4-2)29-16-20-31(39)21-17-29/h14-21,32-39H,3-13,22-27H2,1-2H3. The van der Waals surface area contributed by atoms with Crippen molar-refractivity contribution in [2.24, 2.45) is 0 Å². The summed E-state index contributed by atoms with van der Waals surface area (Å²) >= 11 is 8.77. The maximum Gasteiger partial charge on any atom is 0.0317 e. The van der Waals surface area contributed by atoms with Crippen LogP contribution in [0.3, 0.4) is 0 Å². The first-order valence-electron chi connectivity index (χ1n) is 15.6. The van der Waals surface area contributed by atoms with Crippen LogP contribution < -0.4 is 21.3 Å². The average Bonchev–Trinajstić information content (AvgIpc) is 2.95. The predicted molar refractivity (Wildman–Crippen MR) is 177 cm³/mol. The predicted octanol–water partition coefficient (Wildman–Crippen LogP) is 7.74. The molecular weight excluding hydrogens is 517 g/mol. The number of benzene rings is 2. The molecule has 0 saturated carbocycles. The molecule has 2 aromatic carbocycles. The quantitative estimate of drug-likeness (QED) is 0.0576. The number of unbranched alkanes of at least 4 members (excludes halogenated alkanes) is 6. The Morgan fingerprint density at radius 3 is 1.23 bits per heavy atom. The smallest absolute Gasteiger partial charge is 0.0317 e. The molecule has 4 nitrogen and oxygen atoms in total. The Labute approximate surface area is 251 Å². The van der Waals surface area contributed by atoms with Crippen molar-refractivity contribution in [2.75, 3.05) is 39.3 Å². The number of hydrogen-bond acceptors (Lipinski definition) is 6. The Morgan fingerprint density at radius 2 is 0.795 bits per heavy atom. The zero-order chi connectivity index (χ0) is 28.0. The fourth-order valence-corrected chi connectivity index (χ4v) is 5.31. The van der Waals surface area contributed by atoms with Gasteiger partial charge in [-0.3, -0.25) is 0 Å². The number of rotatable bonds is 24. The van der Waals surface area contributed by atoms with Gasteiger partial charge in [0.25, 0.3) is 0 Å². The van der Waals surface area contributed by atoms with E-state index in [4.69, 9.17) is 0 Å². The molecule has 4 N–H and O–H groups in total. The first kappa shape index (κ1) is 34.2. The Kier molecular flexibility index (Phi) is 19.8. The fraction of sp³-hybridized carbons (Fsp3) is 0.636. The van der Waals surface area contributed by atoms with E-state index in [0.29, 0.717) is 12.1 Å². The zero-order valence-electron chi connectivity index (χ0n) is 24.7. The molecule has 0 saturated heterocycles. The monoisotopic (exact) mass is 572 g/mol. The van der Waals surface area contributed by atoms with Gasteiger partial charge in [-0.25, -0.2) is 0 Å². The highest BCUT2D eigenvalue weighted by Gasteiger charge is 2.08. The van der Waals surface area contributed by atoms with E-state index in [-0.39, 0.29) is 0 Å². The number of thiol groups is 2. The lowest BCUT2D eigenvalue weighted by Gasteiger charge is -2.17. The molecule has 0 radical (unpaired) electrons. The summed E-state index contributed by atoms with van der Waals surface area (Å²) in [6.45, 7) is 11.2. The Bertz CT molecular complexity index is 759. The summed E-state index contributed by atoms with van der Waals surface area (Å²) in [5, 5.41) is 14.7. The van der Waals surface area contributed by atoms with Crippen molar-refractivity contribution in [1.29, 1.82) is 0 Å². The minimum atomic E-state index is 0.442. The summed E-state index contributed by atoms with van der Waals surface area (Å²) in [7, 11) is 0. The van der Waals surface area contributed by atoms with Crippen molar-refractivity contribution in [1.82, 2.24) is 21.3 Å². The second-order valence-electron chi connectivity index (χ2n) is 10.7. The van der Waals surface area contributed by atoms with E-state index in [1.165, 1.54) is 75.5 Å². The van der Waals surface area contributed by atoms with Crippen LogP contribution in [0, 0.1) is 0 Å². The van der Waals surface area contributed by atoms with Crippen molar-refractivity contribution < 1.29 is 0 Å². The summed E-state index contributed by atoms with van der Waals surface area (Å²) in [4.78, 5) is 2.06. The first-order valence-corrected chi connectivity index (χ1v) is 16.5. The van der Waals surface area contributed by atoms with Crippen molar-refractivity contribution >= 4 is 25.3 Å². The van der Waals surface area contributed by atoms with Gasteiger partial charge in [-0.15, -0.1) is 25.3 Å². The molecule has 220 valence electrons. The third-order valence-corrected chi connectivity index (χ3v) is 8.05.